The first-order valence-electron chi connectivity index (χ1n) is 8.63. The summed E-state index contributed by atoms with van der Waals surface area (Å²) in [4.78, 5) is 18.7. The highest BCUT2D eigenvalue weighted by Crippen LogP contribution is 2.32. The molecule has 1 fully saturated rings. The summed E-state index contributed by atoms with van der Waals surface area (Å²) in [6.07, 6.45) is 2.55. The number of nitrogens with zero attached hydrogens (tertiary/aromatic N) is 3. The molecule has 1 aliphatic rings. The predicted molar refractivity (Wildman–Crippen MR) is 93.0 cm³/mol. The van der Waals surface area contributed by atoms with E-state index in [1.165, 1.54) is 0 Å². The normalized spacial score (nSPS) is 17.0. The molecule has 0 radical (unpaired) electrons. The van der Waals surface area contributed by atoms with E-state index < -0.39 is 0 Å². The number of ether oxygens (including phenoxy) is 1. The van der Waals surface area contributed by atoms with E-state index in [9.17, 15) is 4.79 Å². The van der Waals surface area contributed by atoms with Crippen LogP contribution >= 0.6 is 0 Å². The largest absolute Gasteiger partial charge is 0.385 e. The summed E-state index contributed by atoms with van der Waals surface area (Å²) in [5.41, 5.74) is 2.06. The zero-order valence-corrected chi connectivity index (χ0v) is 14.7. The summed E-state index contributed by atoms with van der Waals surface area (Å²) < 4.78 is 10.5. The van der Waals surface area contributed by atoms with Gasteiger partial charge in [0.1, 0.15) is 6.04 Å². The number of rotatable bonds is 6. The Morgan fingerprint density at radius 1 is 1.48 bits per heavy atom. The van der Waals surface area contributed by atoms with Crippen molar-refractivity contribution >= 4 is 6.03 Å². The third-order valence-corrected chi connectivity index (χ3v) is 4.32. The standard InChI is InChI=1S/C18H24N4O3/c1-13-6-3-7-14(12-13)16-20-17(25-21-16)15-8-4-10-22(15)18(23)19-9-5-11-24-2/h3,6-7,12,15H,4-5,8-11H2,1-2H3,(H,19,23)/t15-/m0/s1. The van der Waals surface area contributed by atoms with E-state index in [1.807, 2.05) is 31.2 Å². The van der Waals surface area contributed by atoms with Gasteiger partial charge in [-0.3, -0.25) is 0 Å². The van der Waals surface area contributed by atoms with Gasteiger partial charge < -0.3 is 19.5 Å². The van der Waals surface area contributed by atoms with E-state index in [2.05, 4.69) is 15.5 Å². The minimum absolute atomic E-state index is 0.0890. The molecule has 0 spiro atoms. The van der Waals surface area contributed by atoms with E-state index in [0.717, 1.165) is 30.4 Å². The van der Waals surface area contributed by atoms with Crippen molar-refractivity contribution in [2.24, 2.45) is 0 Å². The lowest BCUT2D eigenvalue weighted by atomic mass is 10.1. The van der Waals surface area contributed by atoms with Crippen molar-refractivity contribution < 1.29 is 14.1 Å². The molecule has 1 aromatic carbocycles. The highest BCUT2D eigenvalue weighted by Gasteiger charge is 2.34. The van der Waals surface area contributed by atoms with Crippen LogP contribution in [0.2, 0.25) is 0 Å². The van der Waals surface area contributed by atoms with Crippen LogP contribution in [0.4, 0.5) is 4.79 Å². The highest BCUT2D eigenvalue weighted by molar-refractivity contribution is 5.74. The fraction of sp³-hybridized carbons (Fsp3) is 0.500. The van der Waals surface area contributed by atoms with Gasteiger partial charge in [-0.15, -0.1) is 0 Å². The van der Waals surface area contributed by atoms with Crippen molar-refractivity contribution in [1.29, 1.82) is 0 Å². The number of urea groups is 1. The molecule has 1 aliphatic heterocycles. The Bertz CT molecular complexity index is 716. The number of benzene rings is 1. The Morgan fingerprint density at radius 2 is 2.36 bits per heavy atom. The second kappa shape index (κ2) is 8.11. The number of carbonyl (C=O) groups excluding carboxylic acids is 1. The fourth-order valence-electron chi connectivity index (χ4n) is 3.05. The number of methoxy groups -OCH3 is 1. The predicted octanol–water partition coefficient (Wildman–Crippen LogP) is 2.93. The van der Waals surface area contributed by atoms with Gasteiger partial charge in [0.25, 0.3) is 0 Å². The summed E-state index contributed by atoms with van der Waals surface area (Å²) in [5, 5.41) is 7.01. The van der Waals surface area contributed by atoms with Crippen LogP contribution in [0, 0.1) is 6.92 Å². The topological polar surface area (TPSA) is 80.5 Å². The van der Waals surface area contributed by atoms with E-state index in [1.54, 1.807) is 12.0 Å². The van der Waals surface area contributed by atoms with Crippen LogP contribution in [0.25, 0.3) is 11.4 Å². The van der Waals surface area contributed by atoms with Crippen LogP contribution in [0.5, 0.6) is 0 Å². The van der Waals surface area contributed by atoms with Crippen molar-refractivity contribution in [2.75, 3.05) is 26.8 Å². The number of nitrogens with one attached hydrogen (secondary N) is 1. The maximum atomic E-state index is 12.4. The molecule has 0 unspecified atom stereocenters. The Balaban J connectivity index is 1.67. The fourth-order valence-corrected chi connectivity index (χ4v) is 3.05. The van der Waals surface area contributed by atoms with Crippen LogP contribution in [0.3, 0.4) is 0 Å². The summed E-state index contributed by atoms with van der Waals surface area (Å²) in [6.45, 7) is 3.95. The van der Waals surface area contributed by atoms with Crippen LogP contribution in [-0.2, 0) is 4.74 Å². The van der Waals surface area contributed by atoms with Gasteiger partial charge in [0.2, 0.25) is 11.7 Å². The van der Waals surface area contributed by atoms with Gasteiger partial charge in [-0.05, 0) is 32.3 Å². The Labute approximate surface area is 147 Å². The molecule has 134 valence electrons. The quantitative estimate of drug-likeness (QED) is 0.815. The first-order valence-corrected chi connectivity index (χ1v) is 8.63. The average Bonchev–Trinajstić information content (AvgIpc) is 3.27. The lowest BCUT2D eigenvalue weighted by Crippen LogP contribution is -2.40. The smallest absolute Gasteiger partial charge is 0.318 e. The van der Waals surface area contributed by atoms with Crippen LogP contribution in [-0.4, -0.2) is 47.9 Å². The van der Waals surface area contributed by atoms with Gasteiger partial charge in [0, 0.05) is 32.4 Å². The molecule has 1 aromatic heterocycles. The first kappa shape index (κ1) is 17.4. The number of aryl methyl sites for hydroxylation is 1. The maximum Gasteiger partial charge on any atom is 0.318 e. The van der Waals surface area contributed by atoms with Crippen molar-refractivity contribution in [3.8, 4) is 11.4 Å². The Hall–Kier alpha value is -2.41. The minimum Gasteiger partial charge on any atom is -0.385 e. The van der Waals surface area contributed by atoms with Gasteiger partial charge >= 0.3 is 6.03 Å². The molecule has 7 heteroatoms. The first-order chi connectivity index (χ1) is 12.2. The van der Waals surface area contributed by atoms with Gasteiger partial charge in [-0.1, -0.05) is 28.9 Å². The zero-order chi connectivity index (χ0) is 17.6. The maximum absolute atomic E-state index is 12.4. The summed E-state index contributed by atoms with van der Waals surface area (Å²) >= 11 is 0. The second-order valence-electron chi connectivity index (χ2n) is 6.26. The molecule has 7 nitrogen and oxygen atoms in total. The molecule has 2 heterocycles. The number of aromatic nitrogens is 2. The SMILES string of the molecule is COCCCNC(=O)N1CCC[C@H]1c1nc(-c2cccc(C)c2)no1. The number of hydrogen-bond acceptors (Lipinski definition) is 5. The molecular weight excluding hydrogens is 320 g/mol. The number of hydrogen-bond donors (Lipinski definition) is 1. The van der Waals surface area contributed by atoms with E-state index in [-0.39, 0.29) is 12.1 Å². The Kier molecular flexibility index (Phi) is 5.65. The molecule has 3 rings (SSSR count). The highest BCUT2D eigenvalue weighted by atomic mass is 16.5. The van der Waals surface area contributed by atoms with Crippen LogP contribution in [0.1, 0.15) is 36.8 Å². The van der Waals surface area contributed by atoms with Gasteiger partial charge in [0.15, 0.2) is 0 Å². The molecule has 2 aromatic rings. The molecular formula is C18H24N4O3. The molecule has 0 bridgehead atoms. The zero-order valence-electron chi connectivity index (χ0n) is 14.7. The van der Waals surface area contributed by atoms with Gasteiger partial charge in [-0.25, -0.2) is 4.79 Å². The summed E-state index contributed by atoms with van der Waals surface area (Å²) in [7, 11) is 1.65. The second-order valence-corrected chi connectivity index (χ2v) is 6.26. The molecule has 2 amide bonds. The van der Waals surface area contributed by atoms with Crippen LogP contribution in [0.15, 0.2) is 28.8 Å². The van der Waals surface area contributed by atoms with Crippen LogP contribution < -0.4 is 5.32 Å². The lowest BCUT2D eigenvalue weighted by molar-refractivity contribution is 0.174. The van der Waals surface area contributed by atoms with E-state index in [4.69, 9.17) is 9.26 Å². The average molecular weight is 344 g/mol. The van der Waals surface area contributed by atoms with Gasteiger partial charge in [0.05, 0.1) is 0 Å². The number of amides is 2. The van der Waals surface area contributed by atoms with Crippen molar-refractivity contribution in [2.45, 2.75) is 32.2 Å². The van der Waals surface area contributed by atoms with Crippen molar-refractivity contribution in [1.82, 2.24) is 20.4 Å². The van der Waals surface area contributed by atoms with E-state index >= 15 is 0 Å². The van der Waals surface area contributed by atoms with Gasteiger partial charge in [-0.2, -0.15) is 4.98 Å². The number of likely N-dealkylation sites (tertiary alicyclic amines) is 1. The molecule has 0 saturated carbocycles. The molecule has 1 atom stereocenters. The molecule has 25 heavy (non-hydrogen) atoms. The molecule has 1 N–H and O–H groups in total. The molecule has 0 aliphatic carbocycles. The third-order valence-electron chi connectivity index (χ3n) is 4.32. The Morgan fingerprint density at radius 3 is 3.16 bits per heavy atom. The number of carbonyl (C=O) groups is 1. The third kappa shape index (κ3) is 4.17. The lowest BCUT2D eigenvalue weighted by Gasteiger charge is -2.22. The van der Waals surface area contributed by atoms with E-state index in [0.29, 0.717) is 31.4 Å². The monoisotopic (exact) mass is 344 g/mol. The minimum atomic E-state index is -0.159. The summed E-state index contributed by atoms with van der Waals surface area (Å²) in [5.74, 6) is 1.06. The van der Waals surface area contributed by atoms with Crippen molar-refractivity contribution in [3.05, 3.63) is 35.7 Å². The summed E-state index contributed by atoms with van der Waals surface area (Å²) in [6, 6.07) is 7.72. The van der Waals surface area contributed by atoms with Crippen molar-refractivity contribution in [3.63, 3.8) is 0 Å². The molecule has 1 saturated heterocycles.